The van der Waals surface area contributed by atoms with Crippen molar-refractivity contribution in [2.24, 2.45) is 0 Å². The predicted octanol–water partition coefficient (Wildman–Crippen LogP) is 2.38. The van der Waals surface area contributed by atoms with Crippen LogP contribution in [0.2, 0.25) is 0 Å². The van der Waals surface area contributed by atoms with Crippen molar-refractivity contribution in [3.8, 4) is 0 Å². The average molecular weight is 306 g/mol. The fourth-order valence-electron chi connectivity index (χ4n) is 1.51. The standard InChI is InChI=1S/C10H9BrFNO2S/c11-5-1-2-6(7(12)3-5)9-13-8(4-16-9)10(14)15/h1-3,8-9,13H,4H2,(H,14,15). The maximum atomic E-state index is 13.6. The fraction of sp³-hybridized carbons (Fsp3) is 0.300. The van der Waals surface area contributed by atoms with Crippen molar-refractivity contribution in [3.63, 3.8) is 0 Å². The van der Waals surface area contributed by atoms with Crippen LogP contribution in [0.3, 0.4) is 0 Å². The minimum absolute atomic E-state index is 0.283. The first-order valence-electron chi connectivity index (χ1n) is 4.63. The molecule has 2 atom stereocenters. The lowest BCUT2D eigenvalue weighted by Gasteiger charge is -2.12. The third-order valence-corrected chi connectivity index (χ3v) is 4.07. The van der Waals surface area contributed by atoms with E-state index >= 15 is 0 Å². The van der Waals surface area contributed by atoms with Crippen molar-refractivity contribution in [2.45, 2.75) is 11.4 Å². The molecule has 1 fully saturated rings. The molecule has 0 saturated carbocycles. The Hall–Kier alpha value is -0.590. The molecule has 2 unspecified atom stereocenters. The van der Waals surface area contributed by atoms with Crippen LogP contribution in [0.1, 0.15) is 10.9 Å². The van der Waals surface area contributed by atoms with E-state index in [4.69, 9.17) is 5.11 Å². The second-order valence-electron chi connectivity index (χ2n) is 3.44. The molecule has 0 radical (unpaired) electrons. The topological polar surface area (TPSA) is 49.3 Å². The SMILES string of the molecule is O=C(O)C1CSC(c2ccc(Br)cc2F)N1. The Morgan fingerprint density at radius 1 is 1.62 bits per heavy atom. The lowest BCUT2D eigenvalue weighted by Crippen LogP contribution is -2.33. The molecule has 1 aromatic rings. The highest BCUT2D eigenvalue weighted by molar-refractivity contribution is 9.10. The minimum atomic E-state index is -0.896. The van der Waals surface area contributed by atoms with Gasteiger partial charge in [-0.3, -0.25) is 10.1 Å². The van der Waals surface area contributed by atoms with E-state index in [1.54, 1.807) is 12.1 Å². The number of hydrogen-bond donors (Lipinski definition) is 2. The summed E-state index contributed by atoms with van der Waals surface area (Å²) in [6, 6.07) is 4.19. The van der Waals surface area contributed by atoms with Crippen molar-refractivity contribution in [1.82, 2.24) is 5.32 Å². The van der Waals surface area contributed by atoms with Gasteiger partial charge in [0.05, 0.1) is 5.37 Å². The van der Waals surface area contributed by atoms with Crippen LogP contribution in [-0.2, 0) is 4.79 Å². The summed E-state index contributed by atoms with van der Waals surface area (Å²) in [7, 11) is 0. The van der Waals surface area contributed by atoms with Gasteiger partial charge in [-0.05, 0) is 12.1 Å². The van der Waals surface area contributed by atoms with E-state index in [-0.39, 0.29) is 11.2 Å². The molecular formula is C10H9BrFNO2S. The Balaban J connectivity index is 2.17. The van der Waals surface area contributed by atoms with Gasteiger partial charge in [0.25, 0.3) is 0 Å². The number of benzene rings is 1. The maximum Gasteiger partial charge on any atom is 0.321 e. The van der Waals surface area contributed by atoms with Gasteiger partial charge in [0.2, 0.25) is 0 Å². The summed E-state index contributed by atoms with van der Waals surface area (Å²) in [6.45, 7) is 0. The zero-order chi connectivity index (χ0) is 11.7. The normalized spacial score (nSPS) is 24.6. The van der Waals surface area contributed by atoms with Gasteiger partial charge in [-0.1, -0.05) is 22.0 Å². The number of aliphatic carboxylic acids is 1. The molecule has 2 N–H and O–H groups in total. The molecule has 1 aromatic carbocycles. The Labute approximate surface area is 105 Å². The van der Waals surface area contributed by atoms with Gasteiger partial charge in [0.1, 0.15) is 11.9 Å². The van der Waals surface area contributed by atoms with Crippen LogP contribution in [0.15, 0.2) is 22.7 Å². The van der Waals surface area contributed by atoms with Gasteiger partial charge in [-0.15, -0.1) is 11.8 Å². The first-order chi connectivity index (χ1) is 7.58. The molecule has 3 nitrogen and oxygen atoms in total. The summed E-state index contributed by atoms with van der Waals surface area (Å²) in [4.78, 5) is 10.7. The number of thioether (sulfide) groups is 1. The summed E-state index contributed by atoms with van der Waals surface area (Å²) in [6.07, 6.45) is 0. The second kappa shape index (κ2) is 4.73. The van der Waals surface area contributed by atoms with E-state index < -0.39 is 12.0 Å². The summed E-state index contributed by atoms with van der Waals surface area (Å²) in [5, 5.41) is 11.4. The van der Waals surface area contributed by atoms with Crippen LogP contribution >= 0.6 is 27.7 Å². The molecule has 0 spiro atoms. The van der Waals surface area contributed by atoms with Gasteiger partial charge in [-0.2, -0.15) is 0 Å². The summed E-state index contributed by atoms with van der Waals surface area (Å²) >= 11 is 4.58. The molecule has 6 heteroatoms. The van der Waals surface area contributed by atoms with Crippen LogP contribution < -0.4 is 5.32 Å². The number of hydrogen-bond acceptors (Lipinski definition) is 3. The van der Waals surface area contributed by atoms with Gasteiger partial charge in [-0.25, -0.2) is 4.39 Å². The maximum absolute atomic E-state index is 13.6. The zero-order valence-corrected chi connectivity index (χ0v) is 10.5. The average Bonchev–Trinajstić information content (AvgIpc) is 2.66. The largest absolute Gasteiger partial charge is 0.480 e. The highest BCUT2D eigenvalue weighted by atomic mass is 79.9. The van der Waals surface area contributed by atoms with Gasteiger partial charge < -0.3 is 5.11 Å². The highest BCUT2D eigenvalue weighted by Gasteiger charge is 2.31. The number of halogens is 2. The van der Waals surface area contributed by atoms with Gasteiger partial charge >= 0.3 is 5.97 Å². The van der Waals surface area contributed by atoms with Crippen LogP contribution in [0.25, 0.3) is 0 Å². The minimum Gasteiger partial charge on any atom is -0.480 e. The molecule has 0 amide bonds. The third-order valence-electron chi connectivity index (χ3n) is 2.33. The quantitative estimate of drug-likeness (QED) is 0.881. The number of nitrogens with one attached hydrogen (secondary N) is 1. The molecule has 86 valence electrons. The smallest absolute Gasteiger partial charge is 0.321 e. The monoisotopic (exact) mass is 305 g/mol. The van der Waals surface area contributed by atoms with Crippen LogP contribution in [-0.4, -0.2) is 22.9 Å². The van der Waals surface area contributed by atoms with Gasteiger partial charge in [0.15, 0.2) is 0 Å². The summed E-state index contributed by atoms with van der Waals surface area (Å²) in [5.74, 6) is -0.770. The Morgan fingerprint density at radius 3 is 2.94 bits per heavy atom. The molecule has 1 aliphatic heterocycles. The van der Waals surface area contributed by atoms with Crippen molar-refractivity contribution >= 4 is 33.7 Å². The van der Waals surface area contributed by atoms with E-state index in [9.17, 15) is 9.18 Å². The lowest BCUT2D eigenvalue weighted by molar-refractivity contribution is -0.138. The summed E-state index contributed by atoms with van der Waals surface area (Å²) < 4.78 is 14.3. The number of carbonyl (C=O) groups is 1. The molecule has 0 bridgehead atoms. The van der Waals surface area contributed by atoms with E-state index in [1.807, 2.05) is 0 Å². The second-order valence-corrected chi connectivity index (χ2v) is 5.49. The van der Waals surface area contributed by atoms with Crippen LogP contribution in [0.4, 0.5) is 4.39 Å². The third kappa shape index (κ3) is 2.39. The van der Waals surface area contributed by atoms with Crippen LogP contribution in [0.5, 0.6) is 0 Å². The highest BCUT2D eigenvalue weighted by Crippen LogP contribution is 2.34. The number of carboxylic acids is 1. The van der Waals surface area contributed by atoms with Crippen molar-refractivity contribution in [3.05, 3.63) is 34.1 Å². The molecule has 2 rings (SSSR count). The van der Waals surface area contributed by atoms with E-state index in [0.29, 0.717) is 15.8 Å². The Morgan fingerprint density at radius 2 is 2.38 bits per heavy atom. The molecule has 0 aromatic heterocycles. The summed E-state index contributed by atoms with van der Waals surface area (Å²) in [5.41, 5.74) is 0.497. The van der Waals surface area contributed by atoms with Crippen molar-refractivity contribution < 1.29 is 14.3 Å². The molecular weight excluding hydrogens is 297 g/mol. The number of rotatable bonds is 2. The van der Waals surface area contributed by atoms with Gasteiger partial charge in [0, 0.05) is 15.8 Å². The van der Waals surface area contributed by atoms with E-state index in [0.717, 1.165) is 0 Å². The first-order valence-corrected chi connectivity index (χ1v) is 6.47. The zero-order valence-electron chi connectivity index (χ0n) is 8.11. The molecule has 1 saturated heterocycles. The Kier molecular flexibility index (Phi) is 3.51. The van der Waals surface area contributed by atoms with E-state index in [2.05, 4.69) is 21.2 Å². The molecule has 1 aliphatic rings. The first kappa shape index (κ1) is 11.9. The molecule has 1 heterocycles. The molecule has 0 aliphatic carbocycles. The predicted molar refractivity (Wildman–Crippen MR) is 63.9 cm³/mol. The van der Waals surface area contributed by atoms with E-state index in [1.165, 1.54) is 17.8 Å². The molecule has 16 heavy (non-hydrogen) atoms. The van der Waals surface area contributed by atoms with Crippen molar-refractivity contribution in [1.29, 1.82) is 0 Å². The van der Waals surface area contributed by atoms with Crippen LogP contribution in [0, 0.1) is 5.82 Å². The fourth-order valence-corrected chi connectivity index (χ4v) is 3.10. The number of carboxylic acid groups (broad SMARTS) is 1. The van der Waals surface area contributed by atoms with Crippen molar-refractivity contribution in [2.75, 3.05) is 5.75 Å². The lowest BCUT2D eigenvalue weighted by atomic mass is 10.2. The Bertz CT molecular complexity index is 429.